The number of rotatable bonds is 3. The molecule has 3 heterocycles. The lowest BCUT2D eigenvalue weighted by Crippen LogP contribution is -2.74. The van der Waals surface area contributed by atoms with Gasteiger partial charge in [0.25, 0.3) is 0 Å². The standard InChI is InChI=1S/C16H27N7O3/c17-13-21-12-10(8-26-15(25)19-9-4-2-1-3-5-9)20-14(18)23-7-6-11(24)16(12,23)22-13/h9-12,24H,1-8H2,(H6,17,18,19,20,21,22,25)/p+1/t10-,11-,12-,16+/m0/s1. The quantitative estimate of drug-likeness (QED) is 0.319. The number of nitrogens with zero attached hydrogens (tertiary/aromatic N) is 2. The van der Waals surface area contributed by atoms with E-state index < -0.39 is 23.9 Å². The maximum absolute atomic E-state index is 12.1. The van der Waals surface area contributed by atoms with Gasteiger partial charge in [0.1, 0.15) is 24.8 Å². The molecule has 2 fully saturated rings. The topological polar surface area (TPSA) is 150 Å². The molecule has 0 radical (unpaired) electrons. The first kappa shape index (κ1) is 17.2. The van der Waals surface area contributed by atoms with E-state index in [0.717, 1.165) is 25.7 Å². The zero-order valence-corrected chi connectivity index (χ0v) is 14.8. The summed E-state index contributed by atoms with van der Waals surface area (Å²) in [4.78, 5) is 16.6. The van der Waals surface area contributed by atoms with Gasteiger partial charge in [0.2, 0.25) is 5.66 Å². The predicted molar refractivity (Wildman–Crippen MR) is 94.5 cm³/mol. The molecule has 10 heteroatoms. The highest BCUT2D eigenvalue weighted by Gasteiger charge is 2.64. The number of amides is 1. The second-order valence-electron chi connectivity index (χ2n) is 7.58. The van der Waals surface area contributed by atoms with E-state index in [1.54, 1.807) is 0 Å². The minimum atomic E-state index is -0.868. The number of ether oxygens (including phenoxy) is 1. The Kier molecular flexibility index (Phi) is 4.29. The van der Waals surface area contributed by atoms with Crippen LogP contribution in [0.15, 0.2) is 4.99 Å². The molecular weight excluding hydrogens is 338 g/mol. The number of nitrogens with two attached hydrogens (primary N) is 2. The predicted octanol–water partition coefficient (Wildman–Crippen LogP) is -1.91. The van der Waals surface area contributed by atoms with Crippen LogP contribution in [0.4, 0.5) is 4.79 Å². The highest BCUT2D eigenvalue weighted by Crippen LogP contribution is 2.35. The van der Waals surface area contributed by atoms with Crippen LogP contribution in [0.5, 0.6) is 0 Å². The number of carbonyl (C=O) groups excluding carboxylic acids is 1. The average molecular weight is 366 g/mol. The van der Waals surface area contributed by atoms with Gasteiger partial charge in [-0.1, -0.05) is 19.3 Å². The molecule has 26 heavy (non-hydrogen) atoms. The number of aliphatic imine (C=N–C) groups is 1. The fraction of sp³-hybridized carbons (Fsp3) is 0.812. The van der Waals surface area contributed by atoms with E-state index in [9.17, 15) is 9.90 Å². The summed E-state index contributed by atoms with van der Waals surface area (Å²) in [5, 5.41) is 19.8. The first-order chi connectivity index (χ1) is 12.5. The zero-order chi connectivity index (χ0) is 18.3. The molecule has 1 aliphatic carbocycles. The van der Waals surface area contributed by atoms with Crippen molar-refractivity contribution in [2.75, 3.05) is 13.2 Å². The van der Waals surface area contributed by atoms with Crippen molar-refractivity contribution in [3.63, 3.8) is 0 Å². The van der Waals surface area contributed by atoms with Crippen molar-refractivity contribution in [1.82, 2.24) is 16.0 Å². The third-order valence-corrected chi connectivity index (χ3v) is 5.96. The molecule has 0 unspecified atom stereocenters. The van der Waals surface area contributed by atoms with Gasteiger partial charge in [-0.15, -0.1) is 0 Å². The molecule has 1 amide bonds. The van der Waals surface area contributed by atoms with Gasteiger partial charge >= 0.3 is 12.1 Å². The molecule has 1 saturated heterocycles. The Morgan fingerprint density at radius 2 is 2.12 bits per heavy atom. The maximum Gasteiger partial charge on any atom is 0.407 e. The Balaban J connectivity index is 1.43. The molecule has 8 N–H and O–H groups in total. The van der Waals surface area contributed by atoms with Gasteiger partial charge in [0, 0.05) is 12.5 Å². The molecule has 0 bridgehead atoms. The number of nitrogens with one attached hydrogen (secondary N) is 3. The largest absolute Gasteiger partial charge is 0.446 e. The average Bonchev–Trinajstić information content (AvgIpc) is 3.14. The lowest BCUT2D eigenvalue weighted by Gasteiger charge is -2.40. The number of hydrogen-bond donors (Lipinski definition) is 6. The minimum Gasteiger partial charge on any atom is -0.446 e. The molecule has 10 nitrogen and oxygen atoms in total. The molecule has 0 aromatic heterocycles. The van der Waals surface area contributed by atoms with Crippen LogP contribution in [0.2, 0.25) is 0 Å². The van der Waals surface area contributed by atoms with Crippen LogP contribution in [-0.2, 0) is 4.74 Å². The summed E-state index contributed by atoms with van der Waals surface area (Å²) in [7, 11) is 0. The summed E-state index contributed by atoms with van der Waals surface area (Å²) >= 11 is 0. The van der Waals surface area contributed by atoms with E-state index in [1.807, 2.05) is 4.58 Å². The van der Waals surface area contributed by atoms with E-state index in [-0.39, 0.29) is 24.7 Å². The molecule has 4 atom stereocenters. The fourth-order valence-corrected chi connectivity index (χ4v) is 4.72. The summed E-state index contributed by atoms with van der Waals surface area (Å²) in [6.07, 6.45) is 4.95. The Bertz CT molecular complexity index is 646. The highest BCUT2D eigenvalue weighted by molar-refractivity contribution is 5.83. The summed E-state index contributed by atoms with van der Waals surface area (Å²) in [5.74, 6) is 0.686. The molecule has 1 saturated carbocycles. The van der Waals surface area contributed by atoms with E-state index in [0.29, 0.717) is 18.9 Å². The molecule has 0 aromatic carbocycles. The van der Waals surface area contributed by atoms with Crippen LogP contribution < -0.4 is 27.4 Å². The van der Waals surface area contributed by atoms with Crippen molar-refractivity contribution >= 4 is 18.0 Å². The lowest BCUT2D eigenvalue weighted by molar-refractivity contribution is -0.607. The van der Waals surface area contributed by atoms with Gasteiger partial charge < -0.3 is 26.2 Å². The molecule has 4 aliphatic rings. The summed E-state index contributed by atoms with van der Waals surface area (Å²) < 4.78 is 7.30. The second-order valence-corrected chi connectivity index (χ2v) is 7.58. The Hall–Kier alpha value is -2.23. The van der Waals surface area contributed by atoms with Gasteiger partial charge in [0.05, 0.1) is 6.54 Å². The first-order valence-corrected chi connectivity index (χ1v) is 9.40. The van der Waals surface area contributed by atoms with Crippen molar-refractivity contribution in [2.24, 2.45) is 16.5 Å². The number of aliphatic hydroxyl groups is 1. The number of carbonyl (C=O) groups is 1. The monoisotopic (exact) mass is 366 g/mol. The second kappa shape index (κ2) is 6.49. The van der Waals surface area contributed by atoms with E-state index in [2.05, 4.69) is 20.9 Å². The van der Waals surface area contributed by atoms with Crippen LogP contribution in [-0.4, -0.2) is 70.7 Å². The molecular formula is C16H28N7O3+. The number of alkyl carbamates (subject to hydrolysis) is 1. The van der Waals surface area contributed by atoms with Gasteiger partial charge in [-0.25, -0.2) is 14.4 Å². The number of hydrogen-bond acceptors (Lipinski definition) is 8. The first-order valence-electron chi connectivity index (χ1n) is 9.40. The third kappa shape index (κ3) is 2.72. The van der Waals surface area contributed by atoms with Crippen molar-refractivity contribution in [3.05, 3.63) is 0 Å². The Labute approximate surface area is 152 Å². The maximum atomic E-state index is 12.1. The molecule has 4 rings (SSSR count). The number of aliphatic hydroxyl groups excluding tert-OH is 1. The normalized spacial score (nSPS) is 36.5. The molecule has 0 aromatic rings. The van der Waals surface area contributed by atoms with E-state index in [1.165, 1.54) is 6.42 Å². The summed E-state index contributed by atoms with van der Waals surface area (Å²) in [6.45, 7) is 0.687. The minimum absolute atomic E-state index is 0.0880. The summed E-state index contributed by atoms with van der Waals surface area (Å²) in [6, 6.07) is -0.591. The Morgan fingerprint density at radius 1 is 1.35 bits per heavy atom. The smallest absolute Gasteiger partial charge is 0.407 e. The third-order valence-electron chi connectivity index (χ3n) is 5.96. The van der Waals surface area contributed by atoms with Crippen molar-refractivity contribution in [3.8, 4) is 0 Å². The van der Waals surface area contributed by atoms with Crippen LogP contribution in [0.3, 0.4) is 0 Å². The van der Waals surface area contributed by atoms with E-state index >= 15 is 0 Å². The molecule has 144 valence electrons. The van der Waals surface area contributed by atoms with Crippen LogP contribution >= 0.6 is 0 Å². The molecule has 3 aliphatic heterocycles. The van der Waals surface area contributed by atoms with Crippen molar-refractivity contribution in [1.29, 1.82) is 0 Å². The van der Waals surface area contributed by atoms with Crippen molar-refractivity contribution < 1.29 is 19.2 Å². The van der Waals surface area contributed by atoms with Crippen LogP contribution in [0, 0.1) is 0 Å². The Morgan fingerprint density at radius 3 is 2.88 bits per heavy atom. The number of guanidine groups is 2. The molecule has 1 spiro atoms. The SMILES string of the molecule is NC1=N[C@H]2[C@H](COC(=O)NC3CCCCC3)NC(N)=[N+]3CC[C@H](O)[C@]23N1. The van der Waals surface area contributed by atoms with Gasteiger partial charge in [-0.05, 0) is 12.8 Å². The lowest BCUT2D eigenvalue weighted by atomic mass is 9.89. The zero-order valence-electron chi connectivity index (χ0n) is 14.8. The highest BCUT2D eigenvalue weighted by atomic mass is 16.5. The van der Waals surface area contributed by atoms with E-state index in [4.69, 9.17) is 16.2 Å². The summed E-state index contributed by atoms with van der Waals surface area (Å²) in [5.41, 5.74) is 11.2. The van der Waals surface area contributed by atoms with Crippen LogP contribution in [0.1, 0.15) is 38.5 Å². The van der Waals surface area contributed by atoms with Gasteiger partial charge in [0.15, 0.2) is 5.96 Å². The fourth-order valence-electron chi connectivity index (χ4n) is 4.72. The van der Waals surface area contributed by atoms with Crippen molar-refractivity contribution in [2.45, 2.75) is 68.4 Å². The van der Waals surface area contributed by atoms with Gasteiger partial charge in [-0.2, -0.15) is 0 Å². The van der Waals surface area contributed by atoms with Gasteiger partial charge in [-0.3, -0.25) is 11.1 Å². The van der Waals surface area contributed by atoms with Crippen LogP contribution in [0.25, 0.3) is 0 Å².